The zero-order valence-electron chi connectivity index (χ0n) is 19.9. The highest BCUT2D eigenvalue weighted by Crippen LogP contribution is 2.30. The minimum Gasteiger partial charge on any atom is -0.496 e. The summed E-state index contributed by atoms with van der Waals surface area (Å²) in [7, 11) is 1.70. The molecule has 34 heavy (non-hydrogen) atoms. The van der Waals surface area contributed by atoms with E-state index in [1.54, 1.807) is 7.11 Å². The molecule has 0 unspecified atom stereocenters. The molecule has 0 saturated carbocycles. The van der Waals surface area contributed by atoms with Gasteiger partial charge in [0, 0.05) is 35.8 Å². The highest BCUT2D eigenvalue weighted by Gasteiger charge is 2.31. The van der Waals surface area contributed by atoms with Crippen LogP contribution < -0.4 is 14.0 Å². The summed E-state index contributed by atoms with van der Waals surface area (Å²) in [6, 6.07) is 16.5. The van der Waals surface area contributed by atoms with Crippen LogP contribution in [0.4, 0.5) is 5.82 Å². The number of piperazine rings is 1. The van der Waals surface area contributed by atoms with Gasteiger partial charge in [-0.2, -0.15) is 9.66 Å². The number of hydrogen-bond acceptors (Lipinski definition) is 4. The molecule has 6 nitrogen and oxygen atoms in total. The van der Waals surface area contributed by atoms with Gasteiger partial charge in [-0.15, -0.1) is 0 Å². The van der Waals surface area contributed by atoms with Gasteiger partial charge in [-0.25, -0.2) is 0 Å². The van der Waals surface area contributed by atoms with Crippen molar-refractivity contribution in [3.63, 3.8) is 0 Å². The topological polar surface area (TPSA) is 59.4 Å². The second-order valence-electron chi connectivity index (χ2n) is 8.81. The molecule has 1 aliphatic rings. The molecule has 1 aliphatic heterocycles. The molecular formula is C27H29ClN5O+. The summed E-state index contributed by atoms with van der Waals surface area (Å²) >= 11 is 6.25. The van der Waals surface area contributed by atoms with Crippen molar-refractivity contribution in [1.29, 1.82) is 5.26 Å². The summed E-state index contributed by atoms with van der Waals surface area (Å²) in [6.07, 6.45) is 0.873. The van der Waals surface area contributed by atoms with E-state index in [9.17, 15) is 5.26 Å². The number of pyridine rings is 1. The van der Waals surface area contributed by atoms with Crippen molar-refractivity contribution in [2.24, 2.45) is 0 Å². The fraction of sp³-hybridized carbons (Fsp3) is 0.333. The standard InChI is InChI=1S/C27H28ClN5O/c1-4-21-18(2)22(16-29)26-30-23-7-5-6-8-24(23)33(26)27(21)32-13-11-31(12-14-32)17-19-15-20(28)9-10-25(19)34-3/h5-10,15H,4,11-14,17H2,1-3H3/p+1. The van der Waals surface area contributed by atoms with Crippen LogP contribution in [0.5, 0.6) is 5.75 Å². The number of aromatic nitrogens is 2. The molecule has 174 valence electrons. The molecule has 0 radical (unpaired) electrons. The first-order valence-electron chi connectivity index (χ1n) is 11.7. The Bertz CT molecular complexity index is 1410. The van der Waals surface area contributed by atoms with Gasteiger partial charge in [0.1, 0.15) is 28.4 Å². The minimum atomic E-state index is 0.725. The fourth-order valence-electron chi connectivity index (χ4n) is 5.23. The maximum Gasteiger partial charge on any atom is 0.250 e. The number of nitrogens with one attached hydrogen (secondary N) is 1. The van der Waals surface area contributed by atoms with Crippen LogP contribution in [0.1, 0.15) is 29.2 Å². The summed E-state index contributed by atoms with van der Waals surface area (Å²) in [6.45, 7) is 8.74. The van der Waals surface area contributed by atoms with E-state index in [0.717, 1.165) is 83.3 Å². The van der Waals surface area contributed by atoms with Gasteiger partial charge in [0.2, 0.25) is 11.5 Å². The van der Waals surface area contributed by atoms with Crippen LogP contribution in [0.3, 0.4) is 0 Å². The van der Waals surface area contributed by atoms with E-state index in [4.69, 9.17) is 16.3 Å². The van der Waals surface area contributed by atoms with Gasteiger partial charge in [-0.3, -0.25) is 14.8 Å². The SMILES string of the molecule is CCc1c(C)c(C#N)c2[nH]c3ccccc3[n+]2c1N1CCN(Cc2cc(Cl)ccc2OC)CC1. The van der Waals surface area contributed by atoms with Crippen LogP contribution in [0.25, 0.3) is 16.7 Å². The number of benzene rings is 2. The Morgan fingerprint density at radius 1 is 1.15 bits per heavy atom. The summed E-state index contributed by atoms with van der Waals surface area (Å²) in [5, 5.41) is 10.7. The average molecular weight is 475 g/mol. The molecule has 3 heterocycles. The van der Waals surface area contributed by atoms with Crippen LogP contribution >= 0.6 is 11.6 Å². The number of nitrogens with zero attached hydrogens (tertiary/aromatic N) is 4. The van der Waals surface area contributed by atoms with E-state index in [0.29, 0.717) is 0 Å². The monoisotopic (exact) mass is 474 g/mol. The van der Waals surface area contributed by atoms with Crippen molar-refractivity contribution < 1.29 is 9.14 Å². The van der Waals surface area contributed by atoms with Gasteiger partial charge >= 0.3 is 0 Å². The van der Waals surface area contributed by atoms with Gasteiger partial charge < -0.3 is 4.74 Å². The Morgan fingerprint density at radius 3 is 2.62 bits per heavy atom. The smallest absolute Gasteiger partial charge is 0.250 e. The molecule has 2 aromatic heterocycles. The first-order valence-corrected chi connectivity index (χ1v) is 12.1. The lowest BCUT2D eigenvalue weighted by molar-refractivity contribution is -0.468. The van der Waals surface area contributed by atoms with Crippen LogP contribution in [0.15, 0.2) is 42.5 Å². The van der Waals surface area contributed by atoms with Crippen molar-refractivity contribution in [2.75, 3.05) is 38.2 Å². The summed E-state index contributed by atoms with van der Waals surface area (Å²) in [5.74, 6) is 2.07. The van der Waals surface area contributed by atoms with E-state index in [-0.39, 0.29) is 0 Å². The Morgan fingerprint density at radius 2 is 1.91 bits per heavy atom. The molecule has 2 aromatic carbocycles. The quantitative estimate of drug-likeness (QED) is 0.428. The van der Waals surface area contributed by atoms with Crippen molar-refractivity contribution >= 4 is 34.1 Å². The predicted molar refractivity (Wildman–Crippen MR) is 136 cm³/mol. The molecule has 0 atom stereocenters. The normalized spacial score (nSPS) is 14.6. The number of para-hydroxylation sites is 2. The van der Waals surface area contributed by atoms with E-state index < -0.39 is 0 Å². The number of halogens is 1. The summed E-state index contributed by atoms with van der Waals surface area (Å²) < 4.78 is 7.81. The van der Waals surface area contributed by atoms with E-state index in [1.807, 2.05) is 24.3 Å². The van der Waals surface area contributed by atoms with E-state index >= 15 is 0 Å². The molecule has 4 aromatic rings. The van der Waals surface area contributed by atoms with Crippen molar-refractivity contribution in [3.8, 4) is 11.8 Å². The first-order chi connectivity index (χ1) is 16.5. The van der Waals surface area contributed by atoms with Crippen molar-refractivity contribution in [1.82, 2.24) is 9.88 Å². The first kappa shape index (κ1) is 22.5. The molecule has 1 fully saturated rings. The minimum absolute atomic E-state index is 0.725. The molecule has 0 aliphatic carbocycles. The number of anilines is 1. The third-order valence-corrected chi connectivity index (χ3v) is 7.18. The van der Waals surface area contributed by atoms with Crippen LogP contribution in [-0.2, 0) is 13.0 Å². The molecule has 1 saturated heterocycles. The van der Waals surface area contributed by atoms with Gasteiger partial charge in [-0.05, 0) is 49.2 Å². The van der Waals surface area contributed by atoms with Crippen molar-refractivity contribution in [2.45, 2.75) is 26.8 Å². The molecule has 7 heteroatoms. The van der Waals surface area contributed by atoms with Crippen LogP contribution in [0, 0.1) is 18.3 Å². The Kier molecular flexibility index (Phi) is 6.07. The van der Waals surface area contributed by atoms with E-state index in [2.05, 4.69) is 57.3 Å². The Labute approximate surface area is 204 Å². The van der Waals surface area contributed by atoms with Gasteiger partial charge in [-0.1, -0.05) is 30.7 Å². The van der Waals surface area contributed by atoms with E-state index in [1.165, 1.54) is 11.4 Å². The lowest BCUT2D eigenvalue weighted by atomic mass is 10.0. The molecular weight excluding hydrogens is 446 g/mol. The number of methoxy groups -OCH3 is 1. The van der Waals surface area contributed by atoms with Gasteiger partial charge in [0.05, 0.1) is 20.2 Å². The molecule has 1 N–H and O–H groups in total. The predicted octanol–water partition coefficient (Wildman–Crippen LogP) is 4.63. The van der Waals surface area contributed by atoms with Gasteiger partial charge in [0.25, 0.3) is 0 Å². The largest absolute Gasteiger partial charge is 0.496 e. The maximum atomic E-state index is 9.98. The summed E-state index contributed by atoms with van der Waals surface area (Å²) in [5.41, 5.74) is 7.16. The lowest BCUT2D eigenvalue weighted by Gasteiger charge is -2.34. The molecule has 0 spiro atoms. The number of nitriles is 1. The maximum absolute atomic E-state index is 9.98. The number of rotatable bonds is 5. The Balaban J connectivity index is 1.51. The molecule has 0 bridgehead atoms. The zero-order chi connectivity index (χ0) is 23.8. The van der Waals surface area contributed by atoms with Crippen molar-refractivity contribution in [3.05, 3.63) is 69.7 Å². The number of aromatic amines is 1. The molecule has 0 amide bonds. The van der Waals surface area contributed by atoms with Gasteiger partial charge in [0.15, 0.2) is 0 Å². The highest BCUT2D eigenvalue weighted by molar-refractivity contribution is 6.30. The number of imidazole rings is 1. The molecule has 5 rings (SSSR count). The number of ether oxygens (including phenoxy) is 1. The van der Waals surface area contributed by atoms with Crippen LogP contribution in [-0.4, -0.2) is 43.2 Å². The second-order valence-corrected chi connectivity index (χ2v) is 9.25. The number of hydrogen-bond donors (Lipinski definition) is 1. The lowest BCUT2D eigenvalue weighted by Crippen LogP contribution is -2.49. The third-order valence-electron chi connectivity index (χ3n) is 6.94. The average Bonchev–Trinajstić information content (AvgIpc) is 3.23. The fourth-order valence-corrected chi connectivity index (χ4v) is 5.42. The highest BCUT2D eigenvalue weighted by atomic mass is 35.5. The number of H-pyrrole nitrogens is 1. The summed E-state index contributed by atoms with van der Waals surface area (Å²) in [4.78, 5) is 8.43. The third kappa shape index (κ3) is 3.75. The number of fused-ring (bicyclic) bond motifs is 3. The van der Waals surface area contributed by atoms with Crippen LogP contribution in [0.2, 0.25) is 5.02 Å². The zero-order valence-corrected chi connectivity index (χ0v) is 20.6. The second kappa shape index (κ2) is 9.17. The Hall–Kier alpha value is -3.27.